The highest BCUT2D eigenvalue weighted by Crippen LogP contribution is 2.36. The fourth-order valence-electron chi connectivity index (χ4n) is 3.08. The van der Waals surface area contributed by atoms with Crippen molar-refractivity contribution in [3.63, 3.8) is 0 Å². The van der Waals surface area contributed by atoms with Gasteiger partial charge in [0.15, 0.2) is 0 Å². The Morgan fingerprint density at radius 1 is 1.17 bits per heavy atom. The fourth-order valence-corrected chi connectivity index (χ4v) is 3.08. The van der Waals surface area contributed by atoms with Gasteiger partial charge in [-0.25, -0.2) is 0 Å². The van der Waals surface area contributed by atoms with Crippen LogP contribution in [0.1, 0.15) is 53.0 Å². The van der Waals surface area contributed by atoms with Gasteiger partial charge in [0.25, 0.3) is 0 Å². The number of aromatic nitrogens is 1. The summed E-state index contributed by atoms with van der Waals surface area (Å²) in [5.74, 6) is 1.66. The summed E-state index contributed by atoms with van der Waals surface area (Å²) in [5.41, 5.74) is 1.83. The highest BCUT2D eigenvalue weighted by atomic mass is 16.3. The molecule has 0 saturated heterocycles. The van der Waals surface area contributed by atoms with Crippen LogP contribution in [0.5, 0.6) is 5.75 Å². The van der Waals surface area contributed by atoms with Gasteiger partial charge in [-0.05, 0) is 36.2 Å². The second-order valence-corrected chi connectivity index (χ2v) is 7.54. The van der Waals surface area contributed by atoms with Crippen LogP contribution >= 0.6 is 0 Å². The Balaban J connectivity index is 2.05. The van der Waals surface area contributed by atoms with Crippen LogP contribution in [-0.2, 0) is 0 Å². The van der Waals surface area contributed by atoms with Crippen molar-refractivity contribution in [2.75, 3.05) is 0 Å². The zero-order valence-electron chi connectivity index (χ0n) is 15.0. The molecular formula is C21H29NO. The molecule has 2 nitrogen and oxygen atoms in total. The van der Waals surface area contributed by atoms with Gasteiger partial charge in [-0.1, -0.05) is 65.0 Å². The molecule has 0 bridgehead atoms. The molecule has 1 unspecified atom stereocenters. The van der Waals surface area contributed by atoms with E-state index in [1.807, 2.05) is 30.3 Å². The first-order chi connectivity index (χ1) is 10.8. The van der Waals surface area contributed by atoms with Gasteiger partial charge < -0.3 is 5.11 Å². The Kier molecular flexibility index (Phi) is 5.46. The van der Waals surface area contributed by atoms with E-state index in [9.17, 15) is 5.11 Å². The predicted octanol–water partition coefficient (Wildman–Crippen LogP) is 6.05. The van der Waals surface area contributed by atoms with Crippen LogP contribution in [0.4, 0.5) is 0 Å². The maximum absolute atomic E-state index is 10.4. The van der Waals surface area contributed by atoms with Crippen molar-refractivity contribution in [3.05, 3.63) is 42.1 Å². The van der Waals surface area contributed by atoms with Crippen LogP contribution in [0, 0.1) is 17.3 Å². The predicted molar refractivity (Wildman–Crippen MR) is 99.5 cm³/mol. The number of hydrogen-bond donors (Lipinski definition) is 1. The number of phenols is 1. The Morgan fingerprint density at radius 2 is 1.91 bits per heavy atom. The first kappa shape index (κ1) is 17.5. The van der Waals surface area contributed by atoms with E-state index < -0.39 is 0 Å². The molecule has 1 heterocycles. The average molecular weight is 311 g/mol. The number of aromatic hydroxyl groups is 1. The summed E-state index contributed by atoms with van der Waals surface area (Å²) in [6.45, 7) is 11.6. The number of benzene rings is 1. The minimum absolute atomic E-state index is 0.272. The molecule has 1 atom stereocenters. The molecule has 2 aromatic rings. The molecule has 0 aliphatic heterocycles. The van der Waals surface area contributed by atoms with E-state index in [1.54, 1.807) is 6.20 Å². The van der Waals surface area contributed by atoms with Gasteiger partial charge in [0, 0.05) is 17.1 Å². The van der Waals surface area contributed by atoms with Gasteiger partial charge in [-0.3, -0.25) is 4.98 Å². The van der Waals surface area contributed by atoms with E-state index in [0.29, 0.717) is 22.8 Å². The number of rotatable bonds is 6. The Labute approximate surface area is 140 Å². The molecular weight excluding hydrogens is 282 g/mol. The quantitative estimate of drug-likeness (QED) is 0.704. The summed E-state index contributed by atoms with van der Waals surface area (Å²) in [4.78, 5) is 4.27. The van der Waals surface area contributed by atoms with Gasteiger partial charge in [0.05, 0.1) is 0 Å². The Morgan fingerprint density at radius 3 is 2.61 bits per heavy atom. The smallest absolute Gasteiger partial charge is 0.148 e. The molecule has 23 heavy (non-hydrogen) atoms. The molecule has 124 valence electrons. The first-order valence-corrected chi connectivity index (χ1v) is 8.56. The number of phenolic OH excluding ortho intramolecular Hbond substituents is 1. The second-order valence-electron chi connectivity index (χ2n) is 7.54. The molecule has 2 rings (SSSR count). The van der Waals surface area contributed by atoms with Crippen LogP contribution in [0.15, 0.2) is 36.5 Å². The Hall–Kier alpha value is -1.83. The fraction of sp³-hybridized carbons (Fsp3) is 0.476. The van der Waals surface area contributed by atoms with Crippen LogP contribution in [0.3, 0.4) is 0 Å². The highest BCUT2D eigenvalue weighted by Gasteiger charge is 2.26. The minimum Gasteiger partial charge on any atom is -0.505 e. The normalized spacial score (nSPS) is 14.0. The van der Waals surface area contributed by atoms with Crippen LogP contribution in [0.2, 0.25) is 0 Å². The first-order valence-electron chi connectivity index (χ1n) is 8.56. The van der Waals surface area contributed by atoms with E-state index in [2.05, 4.69) is 45.7 Å². The summed E-state index contributed by atoms with van der Waals surface area (Å²) >= 11 is 0. The van der Waals surface area contributed by atoms with E-state index >= 15 is 0 Å². The molecule has 0 spiro atoms. The molecule has 0 fully saturated rings. The number of fused-ring (bicyclic) bond motifs is 1. The van der Waals surface area contributed by atoms with Crippen molar-refractivity contribution < 1.29 is 5.11 Å². The molecule has 0 aliphatic carbocycles. The third kappa shape index (κ3) is 4.13. The maximum Gasteiger partial charge on any atom is 0.148 e. The topological polar surface area (TPSA) is 33.1 Å². The summed E-state index contributed by atoms with van der Waals surface area (Å²) in [7, 11) is 0. The molecule has 0 amide bonds. The lowest BCUT2D eigenvalue weighted by molar-refractivity contribution is 0.162. The van der Waals surface area contributed by atoms with Gasteiger partial charge in [0.2, 0.25) is 0 Å². The van der Waals surface area contributed by atoms with Crippen LogP contribution in [0.25, 0.3) is 17.0 Å². The summed E-state index contributed by atoms with van der Waals surface area (Å²) in [5, 5.41) is 11.3. The molecule has 0 radical (unpaired) electrons. The van der Waals surface area contributed by atoms with E-state index in [0.717, 1.165) is 23.8 Å². The second kappa shape index (κ2) is 7.16. The number of hydrogen-bond acceptors (Lipinski definition) is 2. The summed E-state index contributed by atoms with van der Waals surface area (Å²) < 4.78 is 0. The third-order valence-electron chi connectivity index (χ3n) is 5.26. The summed E-state index contributed by atoms with van der Waals surface area (Å²) in [6.07, 6.45) is 8.06. The minimum atomic E-state index is 0.272. The SMILES string of the molecule is CC(C)C(C)C(C)(C)CC/C=C/c1ccc2cccnc2c1O. The summed E-state index contributed by atoms with van der Waals surface area (Å²) in [6, 6.07) is 7.81. The van der Waals surface area contributed by atoms with Crippen molar-refractivity contribution in [1.29, 1.82) is 0 Å². The molecule has 1 aromatic carbocycles. The largest absolute Gasteiger partial charge is 0.505 e. The van der Waals surface area contributed by atoms with Crippen molar-refractivity contribution in [2.45, 2.75) is 47.5 Å². The van der Waals surface area contributed by atoms with E-state index in [4.69, 9.17) is 0 Å². The molecule has 2 heteroatoms. The zero-order valence-corrected chi connectivity index (χ0v) is 15.0. The van der Waals surface area contributed by atoms with Gasteiger partial charge in [0.1, 0.15) is 11.3 Å². The van der Waals surface area contributed by atoms with Gasteiger partial charge in [-0.15, -0.1) is 0 Å². The lowest BCUT2D eigenvalue weighted by Gasteiger charge is -2.34. The molecule has 1 aromatic heterocycles. The van der Waals surface area contributed by atoms with Gasteiger partial charge >= 0.3 is 0 Å². The lowest BCUT2D eigenvalue weighted by atomic mass is 9.71. The van der Waals surface area contributed by atoms with Crippen molar-refractivity contribution >= 4 is 17.0 Å². The Bertz CT molecular complexity index is 685. The average Bonchev–Trinajstić information content (AvgIpc) is 2.52. The molecule has 1 N–H and O–H groups in total. The number of nitrogens with zero attached hydrogens (tertiary/aromatic N) is 1. The van der Waals surface area contributed by atoms with E-state index in [1.165, 1.54) is 0 Å². The number of allylic oxidation sites excluding steroid dienone is 1. The van der Waals surface area contributed by atoms with Crippen molar-refractivity contribution in [2.24, 2.45) is 17.3 Å². The van der Waals surface area contributed by atoms with Crippen LogP contribution < -0.4 is 0 Å². The highest BCUT2D eigenvalue weighted by molar-refractivity contribution is 5.87. The van der Waals surface area contributed by atoms with Crippen LogP contribution in [-0.4, -0.2) is 10.1 Å². The van der Waals surface area contributed by atoms with Gasteiger partial charge in [-0.2, -0.15) is 0 Å². The zero-order chi connectivity index (χ0) is 17.0. The molecule has 0 saturated carbocycles. The maximum atomic E-state index is 10.4. The monoisotopic (exact) mass is 311 g/mol. The number of pyridine rings is 1. The van der Waals surface area contributed by atoms with Crippen molar-refractivity contribution in [1.82, 2.24) is 4.98 Å². The third-order valence-corrected chi connectivity index (χ3v) is 5.26. The van der Waals surface area contributed by atoms with Crippen molar-refractivity contribution in [3.8, 4) is 5.75 Å². The standard InChI is InChI=1S/C21H29NO/c1-15(2)16(3)21(4,5)13-7-6-9-18-12-11-17-10-8-14-22-19(17)20(18)23/h6,8-12,14-16,23H,7,13H2,1-5H3/b9-6+. The van der Waals surface area contributed by atoms with E-state index in [-0.39, 0.29) is 5.75 Å². The molecule has 0 aliphatic rings. The lowest BCUT2D eigenvalue weighted by Crippen LogP contribution is -2.25.